The van der Waals surface area contributed by atoms with E-state index in [0.29, 0.717) is 31.7 Å². The first-order valence-corrected chi connectivity index (χ1v) is 9.25. The van der Waals surface area contributed by atoms with Crippen LogP contribution in [0.3, 0.4) is 0 Å². The molecule has 7 heteroatoms. The molecule has 1 fully saturated rings. The van der Waals surface area contributed by atoms with Crippen molar-refractivity contribution in [2.24, 2.45) is 0 Å². The zero-order valence-electron chi connectivity index (χ0n) is 15.4. The van der Waals surface area contributed by atoms with Gasteiger partial charge in [-0.15, -0.1) is 0 Å². The van der Waals surface area contributed by atoms with Gasteiger partial charge in [0.05, 0.1) is 18.2 Å². The van der Waals surface area contributed by atoms with Crippen molar-refractivity contribution >= 4 is 5.97 Å². The normalized spacial score (nSPS) is 17.8. The quantitative estimate of drug-likeness (QED) is 0.839. The zero-order chi connectivity index (χ0) is 20.1. The molecule has 0 spiro atoms. The predicted molar refractivity (Wildman–Crippen MR) is 100.0 cm³/mol. The van der Waals surface area contributed by atoms with E-state index in [9.17, 15) is 18.0 Å². The van der Waals surface area contributed by atoms with E-state index in [-0.39, 0.29) is 12.6 Å². The molecule has 2 aromatic rings. The van der Waals surface area contributed by atoms with Crippen LogP contribution in [0.25, 0.3) is 0 Å². The molecule has 1 atom stereocenters. The summed E-state index contributed by atoms with van der Waals surface area (Å²) >= 11 is 0. The van der Waals surface area contributed by atoms with Crippen molar-refractivity contribution in [2.75, 3.05) is 32.7 Å². The average molecular weight is 392 g/mol. The number of hydrogen-bond acceptors (Lipinski definition) is 3. The molecule has 0 aliphatic carbocycles. The molecule has 1 unspecified atom stereocenters. The van der Waals surface area contributed by atoms with Crippen molar-refractivity contribution in [1.82, 2.24) is 9.80 Å². The summed E-state index contributed by atoms with van der Waals surface area (Å²) in [4.78, 5) is 15.0. The highest BCUT2D eigenvalue weighted by Gasteiger charge is 2.32. The van der Waals surface area contributed by atoms with Crippen molar-refractivity contribution in [3.63, 3.8) is 0 Å². The van der Waals surface area contributed by atoms with Gasteiger partial charge in [0.15, 0.2) is 0 Å². The summed E-state index contributed by atoms with van der Waals surface area (Å²) in [6.45, 7) is 2.48. The fourth-order valence-electron chi connectivity index (χ4n) is 3.73. The topological polar surface area (TPSA) is 43.8 Å². The van der Waals surface area contributed by atoms with Crippen LogP contribution in [0, 0.1) is 0 Å². The first-order chi connectivity index (χ1) is 13.3. The SMILES string of the molecule is O=C(O)CN1CCCN(C(c2ccccc2)c2cccc(C(F)(F)F)c2)CC1. The summed E-state index contributed by atoms with van der Waals surface area (Å²) in [5, 5.41) is 9.03. The van der Waals surface area contributed by atoms with Gasteiger partial charge in [-0.2, -0.15) is 13.2 Å². The number of carbonyl (C=O) groups is 1. The maximum absolute atomic E-state index is 13.2. The number of alkyl halides is 3. The molecule has 0 radical (unpaired) electrons. The third-order valence-corrected chi connectivity index (χ3v) is 4.99. The van der Waals surface area contributed by atoms with Gasteiger partial charge in [-0.25, -0.2) is 0 Å². The Morgan fingerprint density at radius 3 is 2.36 bits per heavy atom. The van der Waals surface area contributed by atoms with Crippen LogP contribution in [0.5, 0.6) is 0 Å². The van der Waals surface area contributed by atoms with E-state index in [1.807, 2.05) is 35.2 Å². The Hall–Kier alpha value is -2.38. The highest BCUT2D eigenvalue weighted by atomic mass is 19.4. The molecular formula is C21H23F3N2O2. The molecule has 1 N–H and O–H groups in total. The molecule has 0 bridgehead atoms. The Balaban J connectivity index is 1.92. The second-order valence-electron chi connectivity index (χ2n) is 7.00. The van der Waals surface area contributed by atoms with Crippen LogP contribution in [0.4, 0.5) is 13.2 Å². The summed E-state index contributed by atoms with van der Waals surface area (Å²) in [6, 6.07) is 14.7. The van der Waals surface area contributed by atoms with Gasteiger partial charge in [0, 0.05) is 26.2 Å². The lowest BCUT2D eigenvalue weighted by molar-refractivity contribution is -0.138. The number of carboxylic acid groups (broad SMARTS) is 1. The maximum Gasteiger partial charge on any atom is 0.416 e. The number of hydrogen-bond donors (Lipinski definition) is 1. The summed E-state index contributed by atoms with van der Waals surface area (Å²) in [5.41, 5.74) is 0.856. The molecule has 0 saturated carbocycles. The van der Waals surface area contributed by atoms with Gasteiger partial charge >= 0.3 is 12.1 Å². The lowest BCUT2D eigenvalue weighted by Gasteiger charge is -2.32. The van der Waals surface area contributed by atoms with E-state index in [2.05, 4.69) is 4.90 Å². The molecule has 1 saturated heterocycles. The molecule has 4 nitrogen and oxygen atoms in total. The second kappa shape index (κ2) is 8.75. The average Bonchev–Trinajstić information content (AvgIpc) is 2.88. The minimum Gasteiger partial charge on any atom is -0.480 e. The fourth-order valence-corrected chi connectivity index (χ4v) is 3.73. The predicted octanol–water partition coefficient (Wildman–Crippen LogP) is 3.89. The van der Waals surface area contributed by atoms with Crippen molar-refractivity contribution in [3.05, 3.63) is 71.3 Å². The monoisotopic (exact) mass is 392 g/mol. The number of aliphatic carboxylic acids is 1. The molecule has 28 heavy (non-hydrogen) atoms. The van der Waals surface area contributed by atoms with Crippen LogP contribution in [0.15, 0.2) is 54.6 Å². The van der Waals surface area contributed by atoms with Crippen LogP contribution in [-0.4, -0.2) is 53.6 Å². The Morgan fingerprint density at radius 2 is 1.68 bits per heavy atom. The molecule has 1 aliphatic heterocycles. The van der Waals surface area contributed by atoms with Gasteiger partial charge in [-0.05, 0) is 29.7 Å². The summed E-state index contributed by atoms with van der Waals surface area (Å²) < 4.78 is 39.7. The van der Waals surface area contributed by atoms with Crippen molar-refractivity contribution in [3.8, 4) is 0 Å². The van der Waals surface area contributed by atoms with Gasteiger partial charge in [-0.1, -0.05) is 42.5 Å². The van der Waals surface area contributed by atoms with Crippen molar-refractivity contribution in [1.29, 1.82) is 0 Å². The number of carboxylic acids is 1. The van der Waals surface area contributed by atoms with Crippen molar-refractivity contribution in [2.45, 2.75) is 18.6 Å². The van der Waals surface area contributed by atoms with Gasteiger partial charge in [0.1, 0.15) is 0 Å². The minimum atomic E-state index is -4.39. The van der Waals surface area contributed by atoms with E-state index >= 15 is 0 Å². The fraction of sp³-hybridized carbons (Fsp3) is 0.381. The first-order valence-electron chi connectivity index (χ1n) is 9.25. The molecule has 1 heterocycles. The molecular weight excluding hydrogens is 369 g/mol. The minimum absolute atomic E-state index is 0.0204. The van der Waals surface area contributed by atoms with Crippen LogP contribution < -0.4 is 0 Å². The molecule has 2 aromatic carbocycles. The van der Waals surface area contributed by atoms with Crippen LogP contribution >= 0.6 is 0 Å². The standard InChI is InChI=1S/C21H23F3N2O2/c22-21(23,24)18-9-4-8-17(14-18)20(16-6-2-1-3-7-16)26-11-5-10-25(12-13-26)15-19(27)28/h1-4,6-9,14,20H,5,10-13,15H2,(H,27,28). The molecule has 3 rings (SSSR count). The first kappa shape index (κ1) is 20.4. The Morgan fingerprint density at radius 1 is 0.964 bits per heavy atom. The molecule has 150 valence electrons. The van der Waals surface area contributed by atoms with Gasteiger partial charge in [0.25, 0.3) is 0 Å². The van der Waals surface area contributed by atoms with E-state index in [1.54, 1.807) is 6.07 Å². The lowest BCUT2D eigenvalue weighted by Crippen LogP contribution is -2.36. The highest BCUT2D eigenvalue weighted by Crippen LogP contribution is 2.34. The number of nitrogens with zero attached hydrogens (tertiary/aromatic N) is 2. The summed E-state index contributed by atoms with van der Waals surface area (Å²) in [7, 11) is 0. The van der Waals surface area contributed by atoms with E-state index in [4.69, 9.17) is 5.11 Å². The second-order valence-corrected chi connectivity index (χ2v) is 7.00. The van der Waals surface area contributed by atoms with Crippen LogP contribution in [0.2, 0.25) is 0 Å². The van der Waals surface area contributed by atoms with Gasteiger partial charge in [-0.3, -0.25) is 14.6 Å². The summed E-state index contributed by atoms with van der Waals surface area (Å²) in [6.07, 6.45) is -3.64. The summed E-state index contributed by atoms with van der Waals surface area (Å²) in [5.74, 6) is -0.870. The van der Waals surface area contributed by atoms with Crippen LogP contribution in [-0.2, 0) is 11.0 Å². The van der Waals surface area contributed by atoms with Crippen molar-refractivity contribution < 1.29 is 23.1 Å². The lowest BCUT2D eigenvalue weighted by atomic mass is 9.95. The Kier molecular flexibility index (Phi) is 6.36. The highest BCUT2D eigenvalue weighted by molar-refractivity contribution is 5.69. The Bertz CT molecular complexity index is 796. The maximum atomic E-state index is 13.2. The van der Waals surface area contributed by atoms with Gasteiger partial charge < -0.3 is 5.11 Å². The Labute approximate surface area is 162 Å². The number of benzene rings is 2. The third kappa shape index (κ3) is 5.11. The third-order valence-electron chi connectivity index (χ3n) is 4.99. The van der Waals surface area contributed by atoms with E-state index in [1.165, 1.54) is 12.1 Å². The number of halogens is 3. The van der Waals surface area contributed by atoms with Gasteiger partial charge in [0.2, 0.25) is 0 Å². The number of rotatable bonds is 5. The molecule has 1 aliphatic rings. The largest absolute Gasteiger partial charge is 0.480 e. The molecule has 0 amide bonds. The smallest absolute Gasteiger partial charge is 0.416 e. The van der Waals surface area contributed by atoms with E-state index in [0.717, 1.165) is 18.1 Å². The van der Waals surface area contributed by atoms with E-state index < -0.39 is 17.7 Å². The molecule has 0 aromatic heterocycles. The van der Waals surface area contributed by atoms with Crippen LogP contribution in [0.1, 0.15) is 29.2 Å². The zero-order valence-corrected chi connectivity index (χ0v) is 15.4.